The quantitative estimate of drug-likeness (QED) is 0.677. The SMILES string of the molecule is O=C(O)C1CSCCN1Cc1ccc(Cl)cc1[N+](=O)[O-]. The van der Waals surface area contributed by atoms with Gasteiger partial charge in [-0.25, -0.2) is 0 Å². The van der Waals surface area contributed by atoms with Gasteiger partial charge in [-0.15, -0.1) is 0 Å². The lowest BCUT2D eigenvalue weighted by Crippen LogP contribution is -2.46. The number of nitro benzene ring substituents is 1. The Morgan fingerprint density at radius 2 is 2.35 bits per heavy atom. The number of halogens is 1. The number of hydrogen-bond acceptors (Lipinski definition) is 5. The van der Waals surface area contributed by atoms with Crippen LogP contribution in [-0.2, 0) is 11.3 Å². The van der Waals surface area contributed by atoms with Crippen LogP contribution in [0.15, 0.2) is 18.2 Å². The van der Waals surface area contributed by atoms with Crippen molar-refractivity contribution in [3.05, 3.63) is 38.9 Å². The molecule has 0 radical (unpaired) electrons. The Morgan fingerprint density at radius 1 is 1.60 bits per heavy atom. The van der Waals surface area contributed by atoms with Gasteiger partial charge >= 0.3 is 5.97 Å². The Bertz CT molecular complexity index is 540. The summed E-state index contributed by atoms with van der Waals surface area (Å²) < 4.78 is 0. The second-order valence-electron chi connectivity index (χ2n) is 4.43. The van der Waals surface area contributed by atoms with Crippen molar-refractivity contribution in [2.75, 3.05) is 18.1 Å². The van der Waals surface area contributed by atoms with Gasteiger partial charge in [-0.1, -0.05) is 11.6 Å². The molecule has 1 aromatic carbocycles. The third kappa shape index (κ3) is 3.41. The summed E-state index contributed by atoms with van der Waals surface area (Å²) in [4.78, 5) is 23.5. The van der Waals surface area contributed by atoms with E-state index in [9.17, 15) is 20.0 Å². The first-order valence-electron chi connectivity index (χ1n) is 5.96. The zero-order valence-electron chi connectivity index (χ0n) is 10.5. The van der Waals surface area contributed by atoms with Crippen LogP contribution in [0.5, 0.6) is 0 Å². The molecule has 1 unspecified atom stereocenters. The summed E-state index contributed by atoms with van der Waals surface area (Å²) in [5.41, 5.74) is 0.414. The molecule has 0 bridgehead atoms. The van der Waals surface area contributed by atoms with E-state index in [0.717, 1.165) is 5.75 Å². The number of rotatable bonds is 4. The van der Waals surface area contributed by atoms with Gasteiger partial charge in [-0.3, -0.25) is 19.8 Å². The maximum absolute atomic E-state index is 11.2. The summed E-state index contributed by atoms with van der Waals surface area (Å²) in [6.45, 7) is 0.840. The molecule has 0 aliphatic carbocycles. The van der Waals surface area contributed by atoms with Crippen LogP contribution in [-0.4, -0.2) is 45.0 Å². The molecule has 1 saturated heterocycles. The van der Waals surface area contributed by atoms with Crippen LogP contribution in [0.4, 0.5) is 5.69 Å². The summed E-state index contributed by atoms with van der Waals surface area (Å²) in [7, 11) is 0. The van der Waals surface area contributed by atoms with Crippen molar-refractivity contribution in [3.63, 3.8) is 0 Å². The van der Waals surface area contributed by atoms with E-state index in [-0.39, 0.29) is 12.2 Å². The van der Waals surface area contributed by atoms with Crippen LogP contribution in [0.1, 0.15) is 5.56 Å². The van der Waals surface area contributed by atoms with Crippen LogP contribution in [0.3, 0.4) is 0 Å². The van der Waals surface area contributed by atoms with Gasteiger partial charge in [0.15, 0.2) is 0 Å². The Balaban J connectivity index is 2.24. The van der Waals surface area contributed by atoms with Crippen LogP contribution >= 0.6 is 23.4 Å². The largest absolute Gasteiger partial charge is 0.480 e. The second kappa shape index (κ2) is 6.43. The third-order valence-electron chi connectivity index (χ3n) is 3.14. The number of nitrogens with zero attached hydrogens (tertiary/aromatic N) is 2. The van der Waals surface area contributed by atoms with E-state index in [1.165, 1.54) is 6.07 Å². The molecule has 0 spiro atoms. The van der Waals surface area contributed by atoms with Crippen molar-refractivity contribution in [2.45, 2.75) is 12.6 Å². The van der Waals surface area contributed by atoms with E-state index in [1.807, 2.05) is 0 Å². The van der Waals surface area contributed by atoms with Crippen LogP contribution in [0.25, 0.3) is 0 Å². The van der Waals surface area contributed by atoms with Gasteiger partial charge in [-0.2, -0.15) is 11.8 Å². The summed E-state index contributed by atoms with van der Waals surface area (Å²) >= 11 is 7.35. The van der Waals surface area contributed by atoms with Crippen molar-refractivity contribution in [1.82, 2.24) is 4.90 Å². The Kier molecular flexibility index (Phi) is 4.85. The molecular weight excluding hydrogens is 304 g/mol. The highest BCUT2D eigenvalue weighted by Crippen LogP contribution is 2.27. The first-order chi connectivity index (χ1) is 9.49. The fourth-order valence-electron chi connectivity index (χ4n) is 2.11. The predicted octanol–water partition coefficient (Wildman–Crippen LogP) is 2.25. The highest BCUT2D eigenvalue weighted by atomic mass is 35.5. The molecule has 108 valence electrons. The molecule has 1 aliphatic rings. The first kappa shape index (κ1) is 15.1. The van der Waals surface area contributed by atoms with Crippen molar-refractivity contribution in [2.24, 2.45) is 0 Å². The molecule has 20 heavy (non-hydrogen) atoms. The standard InChI is InChI=1S/C12H13ClN2O4S/c13-9-2-1-8(10(5-9)15(18)19)6-14-3-4-20-7-11(14)12(16)17/h1-2,5,11H,3-4,6-7H2,(H,16,17). The zero-order chi connectivity index (χ0) is 14.7. The third-order valence-corrected chi connectivity index (χ3v) is 4.40. The van der Waals surface area contributed by atoms with Crippen molar-refractivity contribution >= 4 is 35.0 Å². The normalized spacial score (nSPS) is 19.8. The lowest BCUT2D eigenvalue weighted by atomic mass is 10.1. The zero-order valence-corrected chi connectivity index (χ0v) is 12.1. The summed E-state index contributed by atoms with van der Waals surface area (Å²) in [6.07, 6.45) is 0. The topological polar surface area (TPSA) is 83.7 Å². The van der Waals surface area contributed by atoms with E-state index in [0.29, 0.717) is 22.9 Å². The average Bonchev–Trinajstić information content (AvgIpc) is 2.41. The summed E-state index contributed by atoms with van der Waals surface area (Å²) in [5.74, 6) is 0.427. The molecule has 1 aliphatic heterocycles. The minimum Gasteiger partial charge on any atom is -0.480 e. The number of carboxylic acids is 1. The second-order valence-corrected chi connectivity index (χ2v) is 6.02. The van der Waals surface area contributed by atoms with Crippen LogP contribution in [0, 0.1) is 10.1 Å². The van der Waals surface area contributed by atoms with E-state index in [4.69, 9.17) is 11.6 Å². The highest BCUT2D eigenvalue weighted by Gasteiger charge is 2.30. The molecule has 1 atom stereocenters. The van der Waals surface area contributed by atoms with E-state index < -0.39 is 16.9 Å². The lowest BCUT2D eigenvalue weighted by Gasteiger charge is -2.32. The molecular formula is C12H13ClN2O4S. The van der Waals surface area contributed by atoms with Gasteiger partial charge in [0, 0.05) is 41.2 Å². The Hall–Kier alpha value is -1.31. The maximum atomic E-state index is 11.2. The van der Waals surface area contributed by atoms with E-state index in [2.05, 4.69) is 0 Å². The van der Waals surface area contributed by atoms with Crippen molar-refractivity contribution in [1.29, 1.82) is 0 Å². The van der Waals surface area contributed by atoms with E-state index in [1.54, 1.807) is 28.8 Å². The molecule has 0 aromatic heterocycles. The summed E-state index contributed by atoms with van der Waals surface area (Å²) in [5, 5.41) is 20.5. The van der Waals surface area contributed by atoms with Crippen LogP contribution in [0.2, 0.25) is 5.02 Å². The number of hydrogen-bond donors (Lipinski definition) is 1. The predicted molar refractivity (Wildman–Crippen MR) is 77.3 cm³/mol. The average molecular weight is 317 g/mol. The Labute approximate surface area is 124 Å². The molecule has 0 saturated carbocycles. The van der Waals surface area contributed by atoms with E-state index >= 15 is 0 Å². The number of carboxylic acid groups (broad SMARTS) is 1. The summed E-state index contributed by atoms with van der Waals surface area (Å²) in [6, 6.07) is 3.86. The number of thioether (sulfide) groups is 1. The molecule has 2 rings (SSSR count). The van der Waals surface area contributed by atoms with Crippen molar-refractivity contribution < 1.29 is 14.8 Å². The Morgan fingerprint density at radius 3 is 3.00 bits per heavy atom. The minimum atomic E-state index is -0.895. The van der Waals surface area contributed by atoms with Crippen molar-refractivity contribution in [3.8, 4) is 0 Å². The number of nitro groups is 1. The van der Waals surface area contributed by atoms with Gasteiger partial charge in [0.25, 0.3) is 5.69 Å². The number of benzene rings is 1. The monoisotopic (exact) mass is 316 g/mol. The molecule has 1 N–H and O–H groups in total. The number of aliphatic carboxylic acids is 1. The number of carbonyl (C=O) groups is 1. The van der Waals surface area contributed by atoms with Gasteiger partial charge in [-0.05, 0) is 12.1 Å². The molecule has 1 aromatic rings. The first-order valence-corrected chi connectivity index (χ1v) is 7.49. The molecule has 1 fully saturated rings. The van der Waals surface area contributed by atoms with Crippen LogP contribution < -0.4 is 0 Å². The highest BCUT2D eigenvalue weighted by molar-refractivity contribution is 7.99. The van der Waals surface area contributed by atoms with Gasteiger partial charge in [0.1, 0.15) is 6.04 Å². The molecule has 0 amide bonds. The molecule has 6 nitrogen and oxygen atoms in total. The fourth-order valence-corrected chi connectivity index (χ4v) is 3.39. The lowest BCUT2D eigenvalue weighted by molar-refractivity contribution is -0.385. The maximum Gasteiger partial charge on any atom is 0.321 e. The van der Waals surface area contributed by atoms with Gasteiger partial charge < -0.3 is 5.11 Å². The molecule has 8 heteroatoms. The minimum absolute atomic E-state index is 0.0696. The van der Waals surface area contributed by atoms with Gasteiger partial charge in [0.05, 0.1) is 4.92 Å². The smallest absolute Gasteiger partial charge is 0.321 e. The fraction of sp³-hybridized carbons (Fsp3) is 0.417. The molecule has 1 heterocycles. The van der Waals surface area contributed by atoms with Gasteiger partial charge in [0.2, 0.25) is 0 Å².